The molecule has 6 nitrogen and oxygen atoms in total. The van der Waals surface area contributed by atoms with Crippen molar-refractivity contribution in [1.82, 2.24) is 20.2 Å². The standard InChI is InChI=1S/C23H19N5O/c29-23(19-10-5-2-6-11-19)26-25-15-21-17-28(16-18-8-3-1-4-9-18)27-22(21)20-12-7-13-24-14-20/h1-15,17H,16H2,(H,26,29)/b25-15-. The Morgan fingerprint density at radius 2 is 1.76 bits per heavy atom. The molecular formula is C23H19N5O. The van der Waals surface area contributed by atoms with Crippen LogP contribution in [0.4, 0.5) is 0 Å². The maximum absolute atomic E-state index is 12.2. The zero-order chi connectivity index (χ0) is 19.9. The van der Waals surface area contributed by atoms with Crippen LogP contribution in [0, 0.1) is 0 Å². The van der Waals surface area contributed by atoms with Crippen LogP contribution in [0.1, 0.15) is 21.5 Å². The van der Waals surface area contributed by atoms with Gasteiger partial charge in [0.15, 0.2) is 0 Å². The Morgan fingerprint density at radius 1 is 1.00 bits per heavy atom. The van der Waals surface area contributed by atoms with E-state index in [1.807, 2.05) is 59.4 Å². The van der Waals surface area contributed by atoms with Crippen molar-refractivity contribution in [3.05, 3.63) is 108 Å². The summed E-state index contributed by atoms with van der Waals surface area (Å²) < 4.78 is 1.86. The van der Waals surface area contributed by atoms with Gasteiger partial charge in [0.2, 0.25) is 0 Å². The number of nitrogens with zero attached hydrogens (tertiary/aromatic N) is 4. The van der Waals surface area contributed by atoms with E-state index in [1.165, 1.54) is 0 Å². The van der Waals surface area contributed by atoms with Gasteiger partial charge >= 0.3 is 0 Å². The second-order valence-electron chi connectivity index (χ2n) is 6.42. The predicted octanol–water partition coefficient (Wildman–Crippen LogP) is 3.76. The van der Waals surface area contributed by atoms with Crippen molar-refractivity contribution in [2.75, 3.05) is 0 Å². The van der Waals surface area contributed by atoms with Crippen LogP contribution in [0.15, 0.2) is 96.5 Å². The number of pyridine rings is 1. The minimum Gasteiger partial charge on any atom is -0.267 e. The predicted molar refractivity (Wildman–Crippen MR) is 113 cm³/mol. The van der Waals surface area contributed by atoms with Crippen molar-refractivity contribution in [1.29, 1.82) is 0 Å². The molecule has 0 saturated carbocycles. The lowest BCUT2D eigenvalue weighted by Gasteiger charge is -2.01. The summed E-state index contributed by atoms with van der Waals surface area (Å²) in [6.07, 6.45) is 7.00. The molecule has 1 N–H and O–H groups in total. The summed E-state index contributed by atoms with van der Waals surface area (Å²) in [5.74, 6) is -0.263. The van der Waals surface area contributed by atoms with Crippen molar-refractivity contribution < 1.29 is 4.79 Å². The van der Waals surface area contributed by atoms with Gasteiger partial charge in [0, 0.05) is 35.3 Å². The Morgan fingerprint density at radius 3 is 2.48 bits per heavy atom. The van der Waals surface area contributed by atoms with E-state index in [-0.39, 0.29) is 5.91 Å². The highest BCUT2D eigenvalue weighted by atomic mass is 16.2. The monoisotopic (exact) mass is 381 g/mol. The highest BCUT2D eigenvalue weighted by Gasteiger charge is 2.11. The number of carbonyl (C=O) groups is 1. The third-order valence-corrected chi connectivity index (χ3v) is 4.32. The van der Waals surface area contributed by atoms with E-state index in [9.17, 15) is 4.79 Å². The molecule has 0 unspecified atom stereocenters. The molecule has 4 aromatic rings. The first kappa shape index (κ1) is 18.3. The Balaban J connectivity index is 1.58. The molecule has 0 atom stereocenters. The lowest BCUT2D eigenvalue weighted by Crippen LogP contribution is -2.17. The van der Waals surface area contributed by atoms with Crippen LogP contribution in [0.25, 0.3) is 11.3 Å². The first-order valence-electron chi connectivity index (χ1n) is 9.20. The van der Waals surface area contributed by atoms with Crippen molar-refractivity contribution in [3.63, 3.8) is 0 Å². The normalized spacial score (nSPS) is 10.9. The molecule has 2 aromatic heterocycles. The Bertz CT molecular complexity index is 1110. The van der Waals surface area contributed by atoms with Crippen LogP contribution in [0.5, 0.6) is 0 Å². The quantitative estimate of drug-likeness (QED) is 0.408. The summed E-state index contributed by atoms with van der Waals surface area (Å²) in [6.45, 7) is 0.637. The molecule has 0 fully saturated rings. The molecule has 6 heteroatoms. The molecule has 0 aliphatic rings. The van der Waals surface area contributed by atoms with Gasteiger partial charge in [0.1, 0.15) is 5.69 Å². The largest absolute Gasteiger partial charge is 0.271 e. The highest BCUT2D eigenvalue weighted by Crippen LogP contribution is 2.20. The fraction of sp³-hybridized carbons (Fsp3) is 0.0435. The number of hydrazone groups is 1. The van der Waals surface area contributed by atoms with Gasteiger partial charge in [-0.25, -0.2) is 5.43 Å². The van der Waals surface area contributed by atoms with Crippen molar-refractivity contribution >= 4 is 12.1 Å². The second-order valence-corrected chi connectivity index (χ2v) is 6.42. The van der Waals surface area contributed by atoms with E-state index >= 15 is 0 Å². The van der Waals surface area contributed by atoms with Crippen LogP contribution in [0.3, 0.4) is 0 Å². The molecule has 0 spiro atoms. The lowest BCUT2D eigenvalue weighted by molar-refractivity contribution is 0.0955. The van der Waals surface area contributed by atoms with E-state index in [0.29, 0.717) is 12.1 Å². The molecule has 142 valence electrons. The van der Waals surface area contributed by atoms with Gasteiger partial charge in [-0.2, -0.15) is 10.2 Å². The highest BCUT2D eigenvalue weighted by molar-refractivity contribution is 5.95. The third kappa shape index (κ3) is 4.62. The SMILES string of the molecule is O=C(N/N=C\c1cn(Cc2ccccc2)nc1-c1cccnc1)c1ccccc1. The number of amides is 1. The molecule has 29 heavy (non-hydrogen) atoms. The number of nitrogens with one attached hydrogen (secondary N) is 1. The number of hydrogen-bond acceptors (Lipinski definition) is 4. The molecule has 0 bridgehead atoms. The fourth-order valence-corrected chi connectivity index (χ4v) is 2.92. The average Bonchev–Trinajstić information content (AvgIpc) is 3.18. The van der Waals surface area contributed by atoms with Crippen molar-refractivity contribution in [2.24, 2.45) is 5.10 Å². The first-order valence-corrected chi connectivity index (χ1v) is 9.20. The minimum absolute atomic E-state index is 0.263. The van der Waals surface area contributed by atoms with Gasteiger partial charge in [-0.05, 0) is 29.8 Å². The number of hydrogen-bond donors (Lipinski definition) is 1. The van der Waals surface area contributed by atoms with Crippen molar-refractivity contribution in [2.45, 2.75) is 6.54 Å². The van der Waals surface area contributed by atoms with E-state index in [2.05, 4.69) is 27.6 Å². The average molecular weight is 381 g/mol. The molecule has 0 saturated heterocycles. The van der Waals surface area contributed by atoms with E-state index in [0.717, 1.165) is 22.4 Å². The Kier molecular flexibility index (Phi) is 5.53. The summed E-state index contributed by atoms with van der Waals surface area (Å²) >= 11 is 0. The molecule has 0 radical (unpaired) electrons. The van der Waals surface area contributed by atoms with Crippen LogP contribution >= 0.6 is 0 Å². The molecule has 2 heterocycles. The molecular weight excluding hydrogens is 362 g/mol. The van der Waals surface area contributed by atoms with Gasteiger partial charge in [-0.3, -0.25) is 14.5 Å². The summed E-state index contributed by atoms with van der Waals surface area (Å²) in [6, 6.07) is 22.9. The van der Waals surface area contributed by atoms with Crippen LogP contribution in [-0.4, -0.2) is 26.9 Å². The van der Waals surface area contributed by atoms with Crippen LogP contribution in [-0.2, 0) is 6.54 Å². The minimum atomic E-state index is -0.263. The smallest absolute Gasteiger partial charge is 0.267 e. The summed E-state index contributed by atoms with van der Waals surface area (Å²) in [5, 5.41) is 8.83. The number of carbonyl (C=O) groups excluding carboxylic acids is 1. The molecule has 0 aliphatic heterocycles. The number of rotatable bonds is 6. The van der Waals surface area contributed by atoms with E-state index < -0.39 is 0 Å². The lowest BCUT2D eigenvalue weighted by atomic mass is 10.1. The van der Waals surface area contributed by atoms with Gasteiger partial charge in [0.25, 0.3) is 5.91 Å². The molecule has 4 rings (SSSR count). The zero-order valence-electron chi connectivity index (χ0n) is 15.6. The Hall–Kier alpha value is -4.06. The zero-order valence-corrected chi connectivity index (χ0v) is 15.6. The number of aromatic nitrogens is 3. The maximum Gasteiger partial charge on any atom is 0.271 e. The first-order chi connectivity index (χ1) is 14.3. The fourth-order valence-electron chi connectivity index (χ4n) is 2.92. The number of benzene rings is 2. The molecule has 2 aromatic carbocycles. The van der Waals surface area contributed by atoms with E-state index in [4.69, 9.17) is 5.10 Å². The third-order valence-electron chi connectivity index (χ3n) is 4.32. The summed E-state index contributed by atoms with van der Waals surface area (Å²) in [5.41, 5.74) is 6.70. The topological polar surface area (TPSA) is 72.2 Å². The van der Waals surface area contributed by atoms with Crippen LogP contribution < -0.4 is 5.43 Å². The van der Waals surface area contributed by atoms with Crippen LogP contribution in [0.2, 0.25) is 0 Å². The van der Waals surface area contributed by atoms with Gasteiger partial charge in [0.05, 0.1) is 12.8 Å². The van der Waals surface area contributed by atoms with E-state index in [1.54, 1.807) is 30.7 Å². The summed E-state index contributed by atoms with van der Waals surface area (Å²) in [4.78, 5) is 16.4. The summed E-state index contributed by atoms with van der Waals surface area (Å²) in [7, 11) is 0. The van der Waals surface area contributed by atoms with Gasteiger partial charge in [-0.15, -0.1) is 0 Å². The molecule has 1 amide bonds. The maximum atomic E-state index is 12.2. The second kappa shape index (κ2) is 8.75. The van der Waals surface area contributed by atoms with Crippen molar-refractivity contribution in [3.8, 4) is 11.3 Å². The Labute approximate surface area is 168 Å². The van der Waals surface area contributed by atoms with Gasteiger partial charge < -0.3 is 0 Å². The molecule has 0 aliphatic carbocycles. The van der Waals surface area contributed by atoms with Gasteiger partial charge in [-0.1, -0.05) is 48.5 Å².